The van der Waals surface area contributed by atoms with Crippen LogP contribution in [0.2, 0.25) is 0 Å². The third-order valence-corrected chi connectivity index (χ3v) is 5.93. The maximum atomic E-state index is 12.9. The summed E-state index contributed by atoms with van der Waals surface area (Å²) in [5.74, 6) is -1.60. The summed E-state index contributed by atoms with van der Waals surface area (Å²) in [4.78, 5) is 42.8. The van der Waals surface area contributed by atoms with E-state index in [0.29, 0.717) is 35.8 Å². The predicted molar refractivity (Wildman–Crippen MR) is 116 cm³/mol. The summed E-state index contributed by atoms with van der Waals surface area (Å²) >= 11 is 1.44. The summed E-state index contributed by atoms with van der Waals surface area (Å²) in [7, 11) is 0. The van der Waals surface area contributed by atoms with Crippen molar-refractivity contribution in [3.63, 3.8) is 0 Å². The average Bonchev–Trinajstić information content (AvgIpc) is 2.81. The predicted octanol–water partition coefficient (Wildman–Crippen LogP) is 2.23. The second-order valence-corrected chi connectivity index (χ2v) is 8.11. The Balaban J connectivity index is 1.40. The van der Waals surface area contributed by atoms with Crippen molar-refractivity contribution in [3.8, 4) is 0 Å². The van der Waals surface area contributed by atoms with Crippen LogP contribution in [0.3, 0.4) is 0 Å². The molecule has 2 N–H and O–H groups in total. The van der Waals surface area contributed by atoms with Gasteiger partial charge in [0.2, 0.25) is 0 Å². The van der Waals surface area contributed by atoms with Crippen LogP contribution in [-0.2, 0) is 16.1 Å². The van der Waals surface area contributed by atoms with Crippen LogP contribution in [0.1, 0.15) is 28.8 Å². The Kier molecular flexibility index (Phi) is 8.00. The summed E-state index contributed by atoms with van der Waals surface area (Å²) in [6.07, 6.45) is 5.06. The van der Waals surface area contributed by atoms with Crippen molar-refractivity contribution in [3.05, 3.63) is 59.5 Å². The van der Waals surface area contributed by atoms with Crippen molar-refractivity contribution >= 4 is 29.5 Å². The molecule has 1 aromatic carbocycles. The smallest absolute Gasteiger partial charge is 0.309 e. The van der Waals surface area contributed by atoms with Gasteiger partial charge in [-0.3, -0.25) is 14.4 Å². The van der Waals surface area contributed by atoms with E-state index < -0.39 is 11.8 Å². The summed E-state index contributed by atoms with van der Waals surface area (Å²) in [5, 5.41) is 5.90. The third-order valence-electron chi connectivity index (χ3n) is 5.22. The molecule has 9 heteroatoms. The molecule has 3 amide bonds. The zero-order valence-electron chi connectivity index (χ0n) is 17.3. The number of hydrogen-bond donors (Lipinski definition) is 2. The monoisotopic (exact) mass is 444 g/mol. The summed E-state index contributed by atoms with van der Waals surface area (Å²) in [6, 6.07) is 9.25. The maximum Gasteiger partial charge on any atom is 0.309 e. The van der Waals surface area contributed by atoms with Gasteiger partial charge < -0.3 is 15.5 Å². The van der Waals surface area contributed by atoms with E-state index in [1.54, 1.807) is 30.5 Å². The van der Waals surface area contributed by atoms with E-state index in [9.17, 15) is 18.8 Å². The first-order valence-electron chi connectivity index (χ1n) is 10.1. The lowest BCUT2D eigenvalue weighted by atomic mass is 9.96. The Labute approximate surface area is 184 Å². The molecule has 0 spiro atoms. The maximum absolute atomic E-state index is 12.9. The van der Waals surface area contributed by atoms with Gasteiger partial charge in [-0.25, -0.2) is 9.37 Å². The van der Waals surface area contributed by atoms with Crippen molar-refractivity contribution in [2.45, 2.75) is 24.4 Å². The molecule has 1 aliphatic rings. The van der Waals surface area contributed by atoms with E-state index in [2.05, 4.69) is 15.6 Å². The molecule has 3 rings (SSSR count). The molecule has 2 aromatic rings. The summed E-state index contributed by atoms with van der Waals surface area (Å²) < 4.78 is 12.9. The minimum Gasteiger partial charge on any atom is -0.348 e. The number of benzene rings is 1. The normalized spacial score (nSPS) is 14.2. The van der Waals surface area contributed by atoms with E-state index in [1.165, 1.54) is 23.9 Å². The van der Waals surface area contributed by atoms with Gasteiger partial charge >= 0.3 is 11.8 Å². The Morgan fingerprint density at radius 3 is 2.45 bits per heavy atom. The largest absolute Gasteiger partial charge is 0.348 e. The lowest BCUT2D eigenvalue weighted by molar-refractivity contribution is -0.139. The lowest BCUT2D eigenvalue weighted by Gasteiger charge is -2.32. The topological polar surface area (TPSA) is 91.4 Å². The highest BCUT2D eigenvalue weighted by Gasteiger charge is 2.26. The zero-order valence-corrected chi connectivity index (χ0v) is 18.1. The average molecular weight is 445 g/mol. The minimum atomic E-state index is -0.724. The molecule has 0 radical (unpaired) electrons. The first-order valence-corrected chi connectivity index (χ1v) is 11.3. The highest BCUT2D eigenvalue weighted by Crippen LogP contribution is 2.22. The second kappa shape index (κ2) is 10.9. The Morgan fingerprint density at radius 2 is 1.77 bits per heavy atom. The molecule has 0 saturated carbocycles. The fourth-order valence-electron chi connectivity index (χ4n) is 3.41. The molecule has 1 aromatic heterocycles. The molecule has 0 unspecified atom stereocenters. The van der Waals surface area contributed by atoms with Crippen molar-refractivity contribution in [2.24, 2.45) is 5.92 Å². The number of thioether (sulfide) groups is 1. The third kappa shape index (κ3) is 6.27. The van der Waals surface area contributed by atoms with Gasteiger partial charge in [0.1, 0.15) is 10.8 Å². The molecule has 1 aliphatic heterocycles. The Bertz CT molecular complexity index is 931. The fourth-order valence-corrected chi connectivity index (χ4v) is 3.95. The first kappa shape index (κ1) is 22.7. The van der Waals surface area contributed by atoms with Gasteiger partial charge in [0.25, 0.3) is 5.91 Å². The van der Waals surface area contributed by atoms with Gasteiger partial charge in [-0.2, -0.15) is 0 Å². The molecule has 1 fully saturated rings. The number of piperidine rings is 1. The standard InChI is InChI=1S/C22H25FN4O3S/c1-31-21-18(3-2-10-24-21)22(30)27-11-8-16(9-12-27)14-26-20(29)19(28)25-13-15-4-6-17(23)7-5-15/h2-7,10,16H,8-9,11-14H2,1H3,(H,25,28)(H,26,29). The number of pyridine rings is 1. The molecule has 1 saturated heterocycles. The van der Waals surface area contributed by atoms with Crippen molar-refractivity contribution < 1.29 is 18.8 Å². The van der Waals surface area contributed by atoms with Crippen LogP contribution in [-0.4, -0.2) is 53.5 Å². The molecule has 7 nitrogen and oxygen atoms in total. The van der Waals surface area contributed by atoms with Crippen LogP contribution < -0.4 is 10.6 Å². The fraction of sp³-hybridized carbons (Fsp3) is 0.364. The molecule has 0 atom stereocenters. The van der Waals surface area contributed by atoms with E-state index in [0.717, 1.165) is 12.8 Å². The minimum absolute atomic E-state index is 0.0277. The van der Waals surface area contributed by atoms with Crippen LogP contribution in [0.15, 0.2) is 47.6 Å². The van der Waals surface area contributed by atoms with Gasteiger partial charge in [0.15, 0.2) is 0 Å². The van der Waals surface area contributed by atoms with Crippen LogP contribution in [0.4, 0.5) is 4.39 Å². The molecule has 164 valence electrons. The van der Waals surface area contributed by atoms with Gasteiger partial charge in [-0.15, -0.1) is 11.8 Å². The SMILES string of the molecule is CSc1ncccc1C(=O)N1CCC(CNC(=O)C(=O)NCc2ccc(F)cc2)CC1. The Morgan fingerprint density at radius 1 is 1.10 bits per heavy atom. The molecule has 0 aliphatic carbocycles. The van der Waals surface area contributed by atoms with E-state index in [-0.39, 0.29) is 24.2 Å². The van der Waals surface area contributed by atoms with Crippen molar-refractivity contribution in [1.29, 1.82) is 0 Å². The number of carbonyl (C=O) groups excluding carboxylic acids is 3. The lowest BCUT2D eigenvalue weighted by Crippen LogP contribution is -2.44. The summed E-state index contributed by atoms with van der Waals surface area (Å²) in [5.41, 5.74) is 1.32. The summed E-state index contributed by atoms with van der Waals surface area (Å²) in [6.45, 7) is 1.73. The number of amides is 3. The van der Waals surface area contributed by atoms with Gasteiger partial charge in [0, 0.05) is 32.4 Å². The zero-order chi connectivity index (χ0) is 22.2. The first-order chi connectivity index (χ1) is 15.0. The van der Waals surface area contributed by atoms with Crippen LogP contribution in [0.5, 0.6) is 0 Å². The number of likely N-dealkylation sites (tertiary alicyclic amines) is 1. The molecule has 2 heterocycles. The number of carbonyl (C=O) groups is 3. The van der Waals surface area contributed by atoms with Gasteiger partial charge in [0.05, 0.1) is 5.56 Å². The van der Waals surface area contributed by atoms with Crippen LogP contribution in [0, 0.1) is 11.7 Å². The van der Waals surface area contributed by atoms with Gasteiger partial charge in [-0.1, -0.05) is 12.1 Å². The van der Waals surface area contributed by atoms with Crippen LogP contribution in [0.25, 0.3) is 0 Å². The quantitative estimate of drug-likeness (QED) is 0.527. The molecule has 31 heavy (non-hydrogen) atoms. The number of rotatable bonds is 6. The van der Waals surface area contributed by atoms with E-state index >= 15 is 0 Å². The highest BCUT2D eigenvalue weighted by atomic mass is 32.2. The number of hydrogen-bond acceptors (Lipinski definition) is 5. The molecular formula is C22H25FN4O3S. The second-order valence-electron chi connectivity index (χ2n) is 7.31. The molecular weight excluding hydrogens is 419 g/mol. The highest BCUT2D eigenvalue weighted by molar-refractivity contribution is 7.98. The number of nitrogens with zero attached hydrogens (tertiary/aromatic N) is 2. The Hall–Kier alpha value is -2.94. The number of halogens is 1. The number of aromatic nitrogens is 1. The number of nitrogens with one attached hydrogen (secondary N) is 2. The van der Waals surface area contributed by atoms with Gasteiger partial charge in [-0.05, 0) is 54.8 Å². The van der Waals surface area contributed by atoms with Crippen molar-refractivity contribution in [1.82, 2.24) is 20.5 Å². The van der Waals surface area contributed by atoms with E-state index in [4.69, 9.17) is 0 Å². The van der Waals surface area contributed by atoms with Crippen molar-refractivity contribution in [2.75, 3.05) is 25.9 Å². The van der Waals surface area contributed by atoms with Crippen LogP contribution >= 0.6 is 11.8 Å². The molecule has 0 bridgehead atoms. The van der Waals surface area contributed by atoms with E-state index in [1.807, 2.05) is 11.2 Å².